The Hall–Kier alpha value is -2.90. The van der Waals surface area contributed by atoms with E-state index >= 15 is 0 Å². The van der Waals surface area contributed by atoms with Crippen LogP contribution >= 0.6 is 0 Å². The number of benzene rings is 1. The summed E-state index contributed by atoms with van der Waals surface area (Å²) < 4.78 is 0. The summed E-state index contributed by atoms with van der Waals surface area (Å²) in [5, 5.41) is 22.9. The molecule has 2 atom stereocenters. The van der Waals surface area contributed by atoms with E-state index in [1.807, 2.05) is 0 Å². The van der Waals surface area contributed by atoms with Crippen molar-refractivity contribution in [2.45, 2.75) is 44.7 Å². The van der Waals surface area contributed by atoms with E-state index in [1.54, 1.807) is 37.3 Å². The van der Waals surface area contributed by atoms with Gasteiger partial charge in [-0.1, -0.05) is 37.3 Å². The number of amides is 2. The molecule has 8 nitrogen and oxygen atoms in total. The number of carbonyl (C=O) groups is 4. The largest absolute Gasteiger partial charge is 0.481 e. The zero-order valence-electron chi connectivity index (χ0n) is 13.9. The molecule has 0 heterocycles. The molecule has 1 aromatic rings. The normalized spacial score (nSPS) is 12.7. The number of carboxylic acid groups (broad SMARTS) is 2. The highest BCUT2D eigenvalue weighted by Gasteiger charge is 2.26. The van der Waals surface area contributed by atoms with Crippen molar-refractivity contribution < 1.29 is 29.4 Å². The van der Waals surface area contributed by atoms with E-state index in [0.717, 1.165) is 5.56 Å². The van der Waals surface area contributed by atoms with Crippen LogP contribution in [0.3, 0.4) is 0 Å². The van der Waals surface area contributed by atoms with Crippen LogP contribution in [0.1, 0.15) is 31.7 Å². The Labute approximate surface area is 145 Å². The van der Waals surface area contributed by atoms with Crippen LogP contribution in [0.2, 0.25) is 0 Å². The van der Waals surface area contributed by atoms with Gasteiger partial charge in [0.15, 0.2) is 0 Å². The second-order valence-electron chi connectivity index (χ2n) is 5.50. The Bertz CT molecular complexity index is 617. The first-order valence-electron chi connectivity index (χ1n) is 7.91. The predicted molar refractivity (Wildman–Crippen MR) is 88.8 cm³/mol. The minimum absolute atomic E-state index is 0.0787. The highest BCUT2D eigenvalue weighted by Crippen LogP contribution is 2.05. The van der Waals surface area contributed by atoms with Gasteiger partial charge >= 0.3 is 11.9 Å². The van der Waals surface area contributed by atoms with Crippen LogP contribution in [0.15, 0.2) is 30.3 Å². The summed E-state index contributed by atoms with van der Waals surface area (Å²) in [6, 6.07) is 6.51. The Morgan fingerprint density at radius 1 is 1.00 bits per heavy atom. The van der Waals surface area contributed by atoms with Crippen molar-refractivity contribution >= 4 is 23.8 Å². The molecule has 0 fully saturated rings. The molecule has 0 saturated heterocycles. The van der Waals surface area contributed by atoms with Gasteiger partial charge in [-0.2, -0.15) is 0 Å². The molecule has 1 rings (SSSR count). The summed E-state index contributed by atoms with van der Waals surface area (Å²) in [4.78, 5) is 46.0. The second kappa shape index (κ2) is 10.1. The fraction of sp³-hybridized carbons (Fsp3) is 0.412. The van der Waals surface area contributed by atoms with Crippen molar-refractivity contribution in [1.82, 2.24) is 10.6 Å². The molecular weight excluding hydrogens is 328 g/mol. The third kappa shape index (κ3) is 7.47. The predicted octanol–water partition coefficient (Wildman–Crippen LogP) is 0.558. The van der Waals surface area contributed by atoms with Gasteiger partial charge in [0.1, 0.15) is 12.1 Å². The summed E-state index contributed by atoms with van der Waals surface area (Å²) in [6.45, 7) is 1.59. The highest BCUT2D eigenvalue weighted by atomic mass is 16.4. The van der Waals surface area contributed by atoms with Gasteiger partial charge in [-0.3, -0.25) is 14.4 Å². The van der Waals surface area contributed by atoms with E-state index in [1.165, 1.54) is 0 Å². The van der Waals surface area contributed by atoms with Crippen LogP contribution < -0.4 is 10.6 Å². The molecule has 8 heteroatoms. The maximum atomic E-state index is 12.3. The van der Waals surface area contributed by atoms with Crippen molar-refractivity contribution in [1.29, 1.82) is 0 Å². The molecule has 1 aromatic carbocycles. The minimum Gasteiger partial charge on any atom is -0.481 e. The Balaban J connectivity index is 2.79. The molecule has 0 bridgehead atoms. The van der Waals surface area contributed by atoms with Crippen LogP contribution in [-0.2, 0) is 25.6 Å². The standard InChI is InChI=1S/C17H22N2O6/c1-2-14(20)18-12(8-9-15(21)22)16(23)19-13(17(24)25)10-11-6-4-3-5-7-11/h3-7,12-13H,2,8-10H2,1H3,(H,18,20)(H,19,23)(H,21,22)(H,24,25). The molecule has 2 amide bonds. The van der Waals surface area contributed by atoms with E-state index in [-0.39, 0.29) is 25.7 Å². The number of nitrogens with one attached hydrogen (secondary N) is 2. The monoisotopic (exact) mass is 350 g/mol. The van der Waals surface area contributed by atoms with Crippen molar-refractivity contribution in [3.63, 3.8) is 0 Å². The molecule has 136 valence electrons. The lowest BCUT2D eigenvalue weighted by Gasteiger charge is -2.21. The lowest BCUT2D eigenvalue weighted by Crippen LogP contribution is -2.52. The zero-order chi connectivity index (χ0) is 18.8. The van der Waals surface area contributed by atoms with Crippen molar-refractivity contribution in [3.8, 4) is 0 Å². The number of rotatable bonds is 10. The van der Waals surface area contributed by atoms with Crippen LogP contribution in [0.5, 0.6) is 0 Å². The van der Waals surface area contributed by atoms with Crippen LogP contribution in [0.25, 0.3) is 0 Å². The maximum Gasteiger partial charge on any atom is 0.326 e. The summed E-state index contributed by atoms with van der Waals surface area (Å²) >= 11 is 0. The van der Waals surface area contributed by atoms with Gasteiger partial charge in [-0.15, -0.1) is 0 Å². The lowest BCUT2D eigenvalue weighted by atomic mass is 10.0. The Kier molecular flexibility index (Phi) is 8.11. The van der Waals surface area contributed by atoms with Gasteiger partial charge in [0.25, 0.3) is 0 Å². The van der Waals surface area contributed by atoms with Crippen molar-refractivity contribution in [2.24, 2.45) is 0 Å². The molecule has 0 radical (unpaired) electrons. The minimum atomic E-state index is -1.21. The van der Waals surface area contributed by atoms with Gasteiger partial charge in [0.05, 0.1) is 0 Å². The third-order valence-corrected chi connectivity index (χ3v) is 3.52. The average molecular weight is 350 g/mol. The van der Waals surface area contributed by atoms with Crippen LogP contribution in [-0.4, -0.2) is 46.0 Å². The Morgan fingerprint density at radius 2 is 1.64 bits per heavy atom. The molecule has 0 aliphatic rings. The van der Waals surface area contributed by atoms with Gasteiger partial charge in [0, 0.05) is 19.3 Å². The maximum absolute atomic E-state index is 12.3. The molecule has 0 spiro atoms. The SMILES string of the molecule is CCC(=O)NC(CCC(=O)O)C(=O)NC(Cc1ccccc1)C(=O)O. The third-order valence-electron chi connectivity index (χ3n) is 3.52. The fourth-order valence-electron chi connectivity index (χ4n) is 2.16. The molecule has 0 saturated carbocycles. The number of aliphatic carboxylic acids is 2. The molecule has 4 N–H and O–H groups in total. The first kappa shape index (κ1) is 20.1. The topological polar surface area (TPSA) is 133 Å². The smallest absolute Gasteiger partial charge is 0.326 e. The quantitative estimate of drug-likeness (QED) is 0.487. The van der Waals surface area contributed by atoms with E-state index in [4.69, 9.17) is 5.11 Å². The summed E-state index contributed by atoms with van der Waals surface area (Å²) in [7, 11) is 0. The van der Waals surface area contributed by atoms with Gasteiger partial charge in [-0.05, 0) is 12.0 Å². The molecule has 25 heavy (non-hydrogen) atoms. The van der Waals surface area contributed by atoms with Crippen molar-refractivity contribution in [2.75, 3.05) is 0 Å². The lowest BCUT2D eigenvalue weighted by molar-refractivity contribution is -0.143. The second-order valence-corrected chi connectivity index (χ2v) is 5.50. The number of hydrogen-bond donors (Lipinski definition) is 4. The number of carboxylic acids is 2. The summed E-state index contributed by atoms with van der Waals surface area (Å²) in [6.07, 6.45) is -0.235. The van der Waals surface area contributed by atoms with E-state index in [2.05, 4.69) is 10.6 Å². The van der Waals surface area contributed by atoms with Crippen LogP contribution in [0, 0.1) is 0 Å². The Morgan fingerprint density at radius 3 is 2.16 bits per heavy atom. The molecule has 0 aliphatic heterocycles. The summed E-state index contributed by atoms with van der Waals surface area (Å²) in [5.41, 5.74) is 0.731. The van der Waals surface area contributed by atoms with E-state index in [0.29, 0.717) is 0 Å². The molecular formula is C17H22N2O6. The van der Waals surface area contributed by atoms with Gasteiger partial charge in [-0.25, -0.2) is 4.79 Å². The van der Waals surface area contributed by atoms with Crippen molar-refractivity contribution in [3.05, 3.63) is 35.9 Å². The first-order valence-corrected chi connectivity index (χ1v) is 7.91. The van der Waals surface area contributed by atoms with E-state index in [9.17, 15) is 24.3 Å². The highest BCUT2D eigenvalue weighted by molar-refractivity contribution is 5.90. The van der Waals surface area contributed by atoms with Gasteiger partial charge in [0.2, 0.25) is 11.8 Å². The number of carbonyl (C=O) groups excluding carboxylic acids is 2. The zero-order valence-corrected chi connectivity index (χ0v) is 13.9. The summed E-state index contributed by atoms with van der Waals surface area (Å²) in [5.74, 6) is -3.45. The fourth-order valence-corrected chi connectivity index (χ4v) is 2.16. The average Bonchev–Trinajstić information content (AvgIpc) is 2.58. The molecule has 0 aliphatic carbocycles. The number of hydrogen-bond acceptors (Lipinski definition) is 4. The molecule has 0 aromatic heterocycles. The molecule has 2 unspecified atom stereocenters. The van der Waals surface area contributed by atoms with E-state index < -0.39 is 35.8 Å². The van der Waals surface area contributed by atoms with Gasteiger partial charge < -0.3 is 20.8 Å². The van der Waals surface area contributed by atoms with Crippen LogP contribution in [0.4, 0.5) is 0 Å². The first-order chi connectivity index (χ1) is 11.8.